The SMILES string of the molecule is Cc1ccc(NC(=O)Cc2nnnn2C)c(Br)c1. The zero-order valence-electron chi connectivity index (χ0n) is 10.0. The minimum atomic E-state index is -0.155. The second-order valence-electron chi connectivity index (χ2n) is 3.93. The molecule has 94 valence electrons. The molecule has 1 amide bonds. The lowest BCUT2D eigenvalue weighted by molar-refractivity contribution is -0.115. The largest absolute Gasteiger partial charge is 0.325 e. The number of amides is 1. The minimum Gasteiger partial charge on any atom is -0.325 e. The zero-order valence-corrected chi connectivity index (χ0v) is 11.6. The number of carbonyl (C=O) groups excluding carboxylic acids is 1. The van der Waals surface area contributed by atoms with E-state index in [1.165, 1.54) is 4.68 Å². The van der Waals surface area contributed by atoms with E-state index in [4.69, 9.17) is 0 Å². The van der Waals surface area contributed by atoms with Gasteiger partial charge in [-0.15, -0.1) is 5.10 Å². The zero-order chi connectivity index (χ0) is 13.1. The Morgan fingerprint density at radius 1 is 1.50 bits per heavy atom. The summed E-state index contributed by atoms with van der Waals surface area (Å²) in [6.07, 6.45) is 0.143. The highest BCUT2D eigenvalue weighted by molar-refractivity contribution is 9.10. The molecule has 0 radical (unpaired) electrons. The number of halogens is 1. The van der Waals surface area contributed by atoms with Crippen molar-refractivity contribution in [3.63, 3.8) is 0 Å². The van der Waals surface area contributed by atoms with E-state index in [1.807, 2.05) is 25.1 Å². The van der Waals surface area contributed by atoms with Crippen molar-refractivity contribution in [3.8, 4) is 0 Å². The number of benzene rings is 1. The van der Waals surface area contributed by atoms with Gasteiger partial charge in [0.2, 0.25) is 5.91 Å². The Balaban J connectivity index is 2.05. The summed E-state index contributed by atoms with van der Waals surface area (Å²) < 4.78 is 2.33. The molecule has 2 rings (SSSR count). The van der Waals surface area contributed by atoms with E-state index >= 15 is 0 Å². The van der Waals surface area contributed by atoms with Crippen molar-refractivity contribution in [1.82, 2.24) is 20.2 Å². The fourth-order valence-electron chi connectivity index (χ4n) is 1.46. The molecular formula is C11H12BrN5O. The summed E-state index contributed by atoms with van der Waals surface area (Å²) in [7, 11) is 1.70. The predicted octanol–water partition coefficient (Wildman–Crippen LogP) is 1.46. The van der Waals surface area contributed by atoms with Crippen LogP contribution in [-0.4, -0.2) is 26.1 Å². The lowest BCUT2D eigenvalue weighted by atomic mass is 10.2. The molecule has 0 saturated heterocycles. The van der Waals surface area contributed by atoms with Gasteiger partial charge in [0.25, 0.3) is 0 Å². The van der Waals surface area contributed by atoms with Crippen LogP contribution in [0.25, 0.3) is 0 Å². The quantitative estimate of drug-likeness (QED) is 0.931. The van der Waals surface area contributed by atoms with Gasteiger partial charge in [-0.05, 0) is 51.0 Å². The lowest BCUT2D eigenvalue weighted by Crippen LogP contribution is -2.17. The van der Waals surface area contributed by atoms with E-state index in [2.05, 4.69) is 36.8 Å². The van der Waals surface area contributed by atoms with E-state index in [0.717, 1.165) is 15.7 Å². The molecule has 1 aromatic carbocycles. The normalized spacial score (nSPS) is 10.4. The summed E-state index contributed by atoms with van der Waals surface area (Å²) in [5.41, 5.74) is 1.86. The van der Waals surface area contributed by atoms with Gasteiger partial charge in [0.1, 0.15) is 0 Å². The molecule has 0 bridgehead atoms. The van der Waals surface area contributed by atoms with Crippen molar-refractivity contribution in [1.29, 1.82) is 0 Å². The summed E-state index contributed by atoms with van der Waals surface area (Å²) in [6, 6.07) is 5.73. The smallest absolute Gasteiger partial charge is 0.232 e. The Morgan fingerprint density at radius 2 is 2.28 bits per heavy atom. The van der Waals surface area contributed by atoms with Crippen molar-refractivity contribution in [2.45, 2.75) is 13.3 Å². The number of tetrazole rings is 1. The van der Waals surface area contributed by atoms with Gasteiger partial charge in [-0.3, -0.25) is 4.79 Å². The average molecular weight is 310 g/mol. The number of aryl methyl sites for hydroxylation is 2. The molecule has 6 nitrogen and oxygen atoms in total. The van der Waals surface area contributed by atoms with Crippen LogP contribution in [0.5, 0.6) is 0 Å². The first-order valence-corrected chi connectivity index (χ1v) is 6.13. The summed E-state index contributed by atoms with van der Waals surface area (Å²) >= 11 is 3.41. The maximum absolute atomic E-state index is 11.8. The molecule has 0 spiro atoms. The molecule has 1 heterocycles. The number of hydrogen-bond acceptors (Lipinski definition) is 4. The molecule has 1 aromatic heterocycles. The van der Waals surface area contributed by atoms with Crippen LogP contribution in [0.1, 0.15) is 11.4 Å². The maximum atomic E-state index is 11.8. The van der Waals surface area contributed by atoms with Crippen LogP contribution < -0.4 is 5.32 Å². The average Bonchev–Trinajstić information content (AvgIpc) is 2.69. The van der Waals surface area contributed by atoms with Crippen LogP contribution in [-0.2, 0) is 18.3 Å². The van der Waals surface area contributed by atoms with E-state index in [1.54, 1.807) is 7.05 Å². The third-order valence-electron chi connectivity index (χ3n) is 2.43. The van der Waals surface area contributed by atoms with Crippen LogP contribution in [0.2, 0.25) is 0 Å². The first-order chi connectivity index (χ1) is 8.56. The molecule has 2 aromatic rings. The molecule has 7 heteroatoms. The van der Waals surface area contributed by atoms with Crippen molar-refractivity contribution < 1.29 is 4.79 Å². The molecule has 0 aliphatic carbocycles. The van der Waals surface area contributed by atoms with Gasteiger partial charge >= 0.3 is 0 Å². The number of carbonyl (C=O) groups is 1. The minimum absolute atomic E-state index is 0.143. The third kappa shape index (κ3) is 2.92. The summed E-state index contributed by atoms with van der Waals surface area (Å²) in [4.78, 5) is 11.8. The molecule has 0 aliphatic heterocycles. The van der Waals surface area contributed by atoms with Crippen LogP contribution in [0.4, 0.5) is 5.69 Å². The standard InChI is InChI=1S/C11H12BrN5O/c1-7-3-4-9(8(12)5-7)13-11(18)6-10-14-15-16-17(10)2/h3-5H,6H2,1-2H3,(H,13,18). The fourth-order valence-corrected chi connectivity index (χ4v) is 2.05. The molecule has 1 N–H and O–H groups in total. The first-order valence-electron chi connectivity index (χ1n) is 5.33. The van der Waals surface area contributed by atoms with E-state index < -0.39 is 0 Å². The Bertz CT molecular complexity index is 581. The number of nitrogens with zero attached hydrogens (tertiary/aromatic N) is 4. The third-order valence-corrected chi connectivity index (χ3v) is 3.08. The molecule has 0 aliphatic rings. The van der Waals surface area contributed by atoms with Crippen molar-refractivity contribution in [2.75, 3.05) is 5.32 Å². The second-order valence-corrected chi connectivity index (χ2v) is 4.78. The monoisotopic (exact) mass is 309 g/mol. The van der Waals surface area contributed by atoms with Gasteiger partial charge in [0.05, 0.1) is 12.1 Å². The van der Waals surface area contributed by atoms with Gasteiger partial charge in [0.15, 0.2) is 5.82 Å². The van der Waals surface area contributed by atoms with E-state index in [9.17, 15) is 4.79 Å². The number of anilines is 1. The summed E-state index contributed by atoms with van der Waals surface area (Å²) in [6.45, 7) is 1.99. The lowest BCUT2D eigenvalue weighted by Gasteiger charge is -2.07. The predicted molar refractivity (Wildman–Crippen MR) is 70.0 cm³/mol. The highest BCUT2D eigenvalue weighted by Crippen LogP contribution is 2.23. The van der Waals surface area contributed by atoms with Crippen LogP contribution >= 0.6 is 15.9 Å². The molecule has 18 heavy (non-hydrogen) atoms. The van der Waals surface area contributed by atoms with Gasteiger partial charge in [0, 0.05) is 11.5 Å². The van der Waals surface area contributed by atoms with Crippen molar-refractivity contribution >= 4 is 27.5 Å². The Labute approximate surface area is 113 Å². The summed E-state index contributed by atoms with van der Waals surface area (Å²) in [5.74, 6) is 0.369. The molecule has 0 unspecified atom stereocenters. The number of rotatable bonds is 3. The molecule has 0 fully saturated rings. The van der Waals surface area contributed by atoms with E-state index in [-0.39, 0.29) is 12.3 Å². The Morgan fingerprint density at radius 3 is 2.89 bits per heavy atom. The Hall–Kier alpha value is -1.76. The van der Waals surface area contributed by atoms with E-state index in [0.29, 0.717) is 5.82 Å². The van der Waals surface area contributed by atoms with Crippen LogP contribution in [0.15, 0.2) is 22.7 Å². The second kappa shape index (κ2) is 5.26. The van der Waals surface area contributed by atoms with Gasteiger partial charge in [-0.1, -0.05) is 6.07 Å². The van der Waals surface area contributed by atoms with Gasteiger partial charge < -0.3 is 5.32 Å². The Kier molecular flexibility index (Phi) is 3.71. The summed E-state index contributed by atoms with van der Waals surface area (Å²) in [5, 5.41) is 13.7. The number of nitrogens with one attached hydrogen (secondary N) is 1. The van der Waals surface area contributed by atoms with Gasteiger partial charge in [-0.2, -0.15) is 0 Å². The maximum Gasteiger partial charge on any atom is 0.232 e. The van der Waals surface area contributed by atoms with Gasteiger partial charge in [-0.25, -0.2) is 4.68 Å². The molecular weight excluding hydrogens is 298 g/mol. The van der Waals surface area contributed by atoms with Crippen molar-refractivity contribution in [2.24, 2.45) is 7.05 Å². The first kappa shape index (κ1) is 12.7. The topological polar surface area (TPSA) is 72.7 Å². The molecule has 0 saturated carbocycles. The molecule has 0 atom stereocenters. The van der Waals surface area contributed by atoms with Crippen LogP contribution in [0.3, 0.4) is 0 Å². The van der Waals surface area contributed by atoms with Crippen LogP contribution in [0, 0.1) is 6.92 Å². The fraction of sp³-hybridized carbons (Fsp3) is 0.273. The number of aromatic nitrogens is 4. The number of hydrogen-bond donors (Lipinski definition) is 1. The highest BCUT2D eigenvalue weighted by atomic mass is 79.9. The highest BCUT2D eigenvalue weighted by Gasteiger charge is 2.10. The van der Waals surface area contributed by atoms with Crippen molar-refractivity contribution in [3.05, 3.63) is 34.1 Å².